The van der Waals surface area contributed by atoms with E-state index in [-0.39, 0.29) is 5.78 Å². The number of nitrogens with zero attached hydrogens (tertiary/aromatic N) is 3. The van der Waals surface area contributed by atoms with Gasteiger partial charge in [-0.1, -0.05) is 24.3 Å². The summed E-state index contributed by atoms with van der Waals surface area (Å²) in [4.78, 5) is 25.4. The van der Waals surface area contributed by atoms with Crippen molar-refractivity contribution in [3.8, 4) is 0 Å². The Bertz CT molecular complexity index is 1010. The number of rotatable bonds is 3. The molecule has 0 radical (unpaired) electrons. The number of aromatic nitrogens is 3. The maximum absolute atomic E-state index is 12.4. The van der Waals surface area contributed by atoms with Crippen molar-refractivity contribution in [3.63, 3.8) is 0 Å². The molecular formula is C19H13N3O. The van der Waals surface area contributed by atoms with E-state index in [1.54, 1.807) is 30.7 Å². The Balaban J connectivity index is 1.82. The molecule has 3 heterocycles. The summed E-state index contributed by atoms with van der Waals surface area (Å²) < 4.78 is 0. The number of ketones is 1. The summed E-state index contributed by atoms with van der Waals surface area (Å²) in [5, 5.41) is 2.00. The van der Waals surface area contributed by atoms with Crippen LogP contribution in [0.15, 0.2) is 67.1 Å². The van der Waals surface area contributed by atoms with Crippen LogP contribution in [0.3, 0.4) is 0 Å². The fourth-order valence-corrected chi connectivity index (χ4v) is 2.76. The molecule has 4 heteroatoms. The zero-order valence-electron chi connectivity index (χ0n) is 12.3. The highest BCUT2D eigenvalue weighted by Crippen LogP contribution is 2.25. The number of hydrogen-bond donors (Lipinski definition) is 0. The fourth-order valence-electron chi connectivity index (χ4n) is 2.76. The number of carbonyl (C=O) groups excluding carboxylic acids is 1. The lowest BCUT2D eigenvalue weighted by molar-refractivity contribution is 0.0988. The van der Waals surface area contributed by atoms with Gasteiger partial charge < -0.3 is 0 Å². The van der Waals surface area contributed by atoms with Crippen LogP contribution in [0.25, 0.3) is 21.8 Å². The molecule has 0 aliphatic heterocycles. The smallest absolute Gasteiger partial charge is 0.185 e. The van der Waals surface area contributed by atoms with Crippen molar-refractivity contribution in [1.82, 2.24) is 15.0 Å². The van der Waals surface area contributed by atoms with Gasteiger partial charge in [-0.15, -0.1) is 0 Å². The first-order chi connectivity index (χ1) is 11.3. The lowest BCUT2D eigenvalue weighted by Gasteiger charge is -2.07. The summed E-state index contributed by atoms with van der Waals surface area (Å²) in [5.74, 6) is -0.000724. The van der Waals surface area contributed by atoms with Gasteiger partial charge in [0.2, 0.25) is 0 Å². The van der Waals surface area contributed by atoms with Gasteiger partial charge in [0.15, 0.2) is 5.78 Å². The summed E-state index contributed by atoms with van der Waals surface area (Å²) in [6.07, 6.45) is 5.43. The van der Waals surface area contributed by atoms with Crippen LogP contribution < -0.4 is 0 Å². The van der Waals surface area contributed by atoms with Crippen molar-refractivity contribution >= 4 is 27.6 Å². The van der Waals surface area contributed by atoms with E-state index in [1.807, 2.05) is 36.4 Å². The van der Waals surface area contributed by atoms with Gasteiger partial charge in [0, 0.05) is 35.8 Å². The molecule has 0 amide bonds. The average Bonchev–Trinajstić information content (AvgIpc) is 2.62. The minimum absolute atomic E-state index is 0.000724. The highest BCUT2D eigenvalue weighted by Gasteiger charge is 2.12. The first-order valence-electron chi connectivity index (χ1n) is 7.38. The minimum Gasteiger partial charge on any atom is -0.292 e. The molecule has 0 aliphatic carbocycles. The number of Topliss-reactive ketones (excluding diaryl/α,β-unsaturated/α-hetero) is 1. The monoisotopic (exact) mass is 299 g/mol. The number of carbonyl (C=O) groups is 1. The molecule has 0 saturated carbocycles. The second-order valence-corrected chi connectivity index (χ2v) is 5.32. The van der Waals surface area contributed by atoms with Crippen LogP contribution in [0.4, 0.5) is 0 Å². The van der Waals surface area contributed by atoms with Crippen molar-refractivity contribution in [2.75, 3.05) is 0 Å². The largest absolute Gasteiger partial charge is 0.292 e. The summed E-state index contributed by atoms with van der Waals surface area (Å²) in [6.45, 7) is 0. The van der Waals surface area contributed by atoms with Gasteiger partial charge in [0.05, 0.1) is 11.0 Å². The molecule has 4 nitrogen and oxygen atoms in total. The Labute approximate surface area is 132 Å². The van der Waals surface area contributed by atoms with Crippen molar-refractivity contribution in [2.45, 2.75) is 6.42 Å². The molecule has 0 N–H and O–H groups in total. The lowest BCUT2D eigenvalue weighted by atomic mass is 10.0. The Morgan fingerprint density at radius 3 is 2.52 bits per heavy atom. The van der Waals surface area contributed by atoms with Gasteiger partial charge in [-0.2, -0.15) is 0 Å². The van der Waals surface area contributed by atoms with E-state index >= 15 is 0 Å². The van der Waals surface area contributed by atoms with Gasteiger partial charge in [0.25, 0.3) is 0 Å². The van der Waals surface area contributed by atoms with Crippen molar-refractivity contribution in [2.24, 2.45) is 0 Å². The average molecular weight is 299 g/mol. The Kier molecular flexibility index (Phi) is 3.27. The van der Waals surface area contributed by atoms with Crippen molar-refractivity contribution in [3.05, 3.63) is 78.4 Å². The lowest BCUT2D eigenvalue weighted by Crippen LogP contribution is -2.06. The van der Waals surface area contributed by atoms with Crippen LogP contribution in [0.2, 0.25) is 0 Å². The number of fused-ring (bicyclic) bond motifs is 3. The van der Waals surface area contributed by atoms with Crippen LogP contribution in [0.5, 0.6) is 0 Å². The summed E-state index contributed by atoms with van der Waals surface area (Å²) in [5.41, 5.74) is 3.11. The minimum atomic E-state index is -0.000724. The topological polar surface area (TPSA) is 55.7 Å². The molecule has 1 aromatic carbocycles. The van der Waals surface area contributed by atoms with Crippen molar-refractivity contribution < 1.29 is 4.79 Å². The van der Waals surface area contributed by atoms with Crippen LogP contribution in [-0.2, 0) is 6.42 Å². The molecule has 4 aromatic rings. The normalized spacial score (nSPS) is 11.0. The highest BCUT2D eigenvalue weighted by atomic mass is 16.1. The third-order valence-corrected chi connectivity index (χ3v) is 3.87. The van der Waals surface area contributed by atoms with E-state index < -0.39 is 0 Å². The molecule has 0 saturated heterocycles. The quantitative estimate of drug-likeness (QED) is 0.428. The Morgan fingerprint density at radius 2 is 1.65 bits per heavy atom. The highest BCUT2D eigenvalue weighted by molar-refractivity contribution is 6.05. The second kappa shape index (κ2) is 5.57. The van der Waals surface area contributed by atoms with E-state index in [4.69, 9.17) is 0 Å². The van der Waals surface area contributed by atoms with Crippen LogP contribution in [0, 0.1) is 0 Å². The molecule has 3 aromatic heterocycles. The summed E-state index contributed by atoms with van der Waals surface area (Å²) in [7, 11) is 0. The molecule has 0 unspecified atom stereocenters. The zero-order chi connectivity index (χ0) is 15.6. The molecule has 0 bridgehead atoms. The predicted molar refractivity (Wildman–Crippen MR) is 89.3 cm³/mol. The second-order valence-electron chi connectivity index (χ2n) is 5.32. The van der Waals surface area contributed by atoms with Gasteiger partial charge in [-0.3, -0.25) is 19.7 Å². The number of benzene rings is 1. The third kappa shape index (κ3) is 2.44. The molecule has 0 spiro atoms. The molecule has 4 rings (SSSR count). The van der Waals surface area contributed by atoms with Crippen LogP contribution in [0.1, 0.15) is 16.1 Å². The Morgan fingerprint density at radius 1 is 0.783 bits per heavy atom. The molecular weight excluding hydrogens is 286 g/mol. The molecule has 110 valence electrons. The van der Waals surface area contributed by atoms with E-state index in [1.165, 1.54) is 0 Å². The van der Waals surface area contributed by atoms with Gasteiger partial charge in [0.1, 0.15) is 5.69 Å². The summed E-state index contributed by atoms with van der Waals surface area (Å²) >= 11 is 0. The number of pyridine rings is 3. The third-order valence-electron chi connectivity index (χ3n) is 3.87. The molecule has 0 atom stereocenters. The maximum Gasteiger partial charge on any atom is 0.185 e. The SMILES string of the molecule is O=C(Cc1ccnc2c1ccc1cccnc12)c1ccccn1. The Hall–Kier alpha value is -3.14. The predicted octanol–water partition coefficient (Wildman–Crippen LogP) is 3.60. The van der Waals surface area contributed by atoms with Gasteiger partial charge in [-0.05, 0) is 29.8 Å². The number of hydrogen-bond acceptors (Lipinski definition) is 4. The first kappa shape index (κ1) is 13.5. The van der Waals surface area contributed by atoms with E-state index in [2.05, 4.69) is 15.0 Å². The van der Waals surface area contributed by atoms with Crippen LogP contribution in [-0.4, -0.2) is 20.7 Å². The molecule has 23 heavy (non-hydrogen) atoms. The first-order valence-corrected chi connectivity index (χ1v) is 7.38. The van der Waals surface area contributed by atoms with Gasteiger partial charge >= 0.3 is 0 Å². The van der Waals surface area contributed by atoms with Crippen LogP contribution >= 0.6 is 0 Å². The zero-order valence-corrected chi connectivity index (χ0v) is 12.3. The summed E-state index contributed by atoms with van der Waals surface area (Å²) in [6, 6.07) is 15.2. The maximum atomic E-state index is 12.4. The fraction of sp³-hybridized carbons (Fsp3) is 0.0526. The van der Waals surface area contributed by atoms with Gasteiger partial charge in [-0.25, -0.2) is 0 Å². The molecule has 0 fully saturated rings. The van der Waals surface area contributed by atoms with E-state index in [0.29, 0.717) is 12.1 Å². The van der Waals surface area contributed by atoms with Crippen molar-refractivity contribution in [1.29, 1.82) is 0 Å². The molecule has 0 aliphatic rings. The van der Waals surface area contributed by atoms with E-state index in [9.17, 15) is 4.79 Å². The standard InChI is InChI=1S/C19H13N3O/c23-17(16-5-1-2-9-20-16)12-14-8-11-22-19-15(14)7-6-13-4-3-10-21-18(13)19/h1-11H,12H2. The van der Waals surface area contributed by atoms with E-state index in [0.717, 1.165) is 27.4 Å².